The topological polar surface area (TPSA) is 42.1 Å². The average Bonchev–Trinajstić information content (AvgIpc) is 2.51. The molecular weight excluding hydrogens is 258 g/mol. The quantitative estimate of drug-likeness (QED) is 0.886. The molecule has 0 aliphatic carbocycles. The van der Waals surface area contributed by atoms with Gasteiger partial charge in [0.2, 0.25) is 0 Å². The first-order chi connectivity index (χ1) is 10.1. The van der Waals surface area contributed by atoms with E-state index in [1.54, 1.807) is 0 Å². The highest BCUT2D eigenvalue weighted by Crippen LogP contribution is 2.24. The van der Waals surface area contributed by atoms with Crippen LogP contribution < -0.4 is 5.73 Å². The summed E-state index contributed by atoms with van der Waals surface area (Å²) >= 11 is 0. The van der Waals surface area contributed by atoms with E-state index in [9.17, 15) is 0 Å². The maximum atomic E-state index is 6.04. The molecular formula is C18H25N3. The van der Waals surface area contributed by atoms with E-state index < -0.39 is 0 Å². The van der Waals surface area contributed by atoms with E-state index in [0.717, 1.165) is 13.0 Å². The van der Waals surface area contributed by atoms with Crippen molar-refractivity contribution in [2.24, 2.45) is 5.73 Å². The zero-order chi connectivity index (χ0) is 15.2. The Morgan fingerprint density at radius 1 is 1.14 bits per heavy atom. The molecule has 1 aromatic heterocycles. The van der Waals surface area contributed by atoms with Crippen molar-refractivity contribution < 1.29 is 0 Å². The molecule has 2 rings (SSSR count). The summed E-state index contributed by atoms with van der Waals surface area (Å²) in [7, 11) is 2.15. The molecule has 2 aromatic rings. The van der Waals surface area contributed by atoms with Crippen LogP contribution in [0.3, 0.4) is 0 Å². The van der Waals surface area contributed by atoms with Crippen LogP contribution in [0.25, 0.3) is 0 Å². The van der Waals surface area contributed by atoms with Gasteiger partial charge in [-0.3, -0.25) is 9.88 Å². The number of likely N-dealkylation sites (N-methyl/N-ethyl adjacent to an activating group) is 1. The molecule has 0 amide bonds. The minimum absolute atomic E-state index is 0.270. The predicted molar refractivity (Wildman–Crippen MR) is 88.3 cm³/mol. The van der Waals surface area contributed by atoms with E-state index in [1.807, 2.05) is 12.4 Å². The van der Waals surface area contributed by atoms with Gasteiger partial charge in [0, 0.05) is 31.5 Å². The van der Waals surface area contributed by atoms with Crippen LogP contribution in [0.1, 0.15) is 28.3 Å². The second kappa shape index (κ2) is 7.34. The summed E-state index contributed by atoms with van der Waals surface area (Å²) in [5, 5.41) is 0. The normalized spacial score (nSPS) is 12.6. The van der Waals surface area contributed by atoms with Crippen molar-refractivity contribution in [1.82, 2.24) is 9.88 Å². The third-order valence-corrected chi connectivity index (χ3v) is 4.26. The van der Waals surface area contributed by atoms with Crippen LogP contribution in [-0.2, 0) is 6.42 Å². The standard InChI is InChI=1S/C18H25N3/c1-14-5-4-6-17(15(14)2)18(13-19)21(3)12-9-16-7-10-20-11-8-16/h4-8,10-11,18H,9,12-13,19H2,1-3H3. The molecule has 0 aliphatic heterocycles. The van der Waals surface area contributed by atoms with Crippen molar-refractivity contribution in [2.45, 2.75) is 26.3 Å². The Hall–Kier alpha value is -1.71. The lowest BCUT2D eigenvalue weighted by atomic mass is 9.96. The maximum absolute atomic E-state index is 6.04. The zero-order valence-corrected chi connectivity index (χ0v) is 13.2. The lowest BCUT2D eigenvalue weighted by Crippen LogP contribution is -2.32. The van der Waals surface area contributed by atoms with Gasteiger partial charge < -0.3 is 5.73 Å². The van der Waals surface area contributed by atoms with Crippen LogP contribution in [0.4, 0.5) is 0 Å². The molecule has 1 unspecified atom stereocenters. The number of nitrogens with zero attached hydrogens (tertiary/aromatic N) is 2. The van der Waals surface area contributed by atoms with Crippen molar-refractivity contribution >= 4 is 0 Å². The lowest BCUT2D eigenvalue weighted by Gasteiger charge is -2.29. The summed E-state index contributed by atoms with van der Waals surface area (Å²) in [5.41, 5.74) is 11.4. The minimum atomic E-state index is 0.270. The van der Waals surface area contributed by atoms with E-state index in [2.05, 4.69) is 61.1 Å². The molecule has 0 saturated carbocycles. The zero-order valence-electron chi connectivity index (χ0n) is 13.2. The van der Waals surface area contributed by atoms with E-state index in [1.165, 1.54) is 22.3 Å². The Bertz CT molecular complexity index is 566. The number of hydrogen-bond acceptors (Lipinski definition) is 3. The monoisotopic (exact) mass is 283 g/mol. The second-order valence-electron chi connectivity index (χ2n) is 5.63. The molecule has 112 valence electrons. The second-order valence-corrected chi connectivity index (χ2v) is 5.63. The smallest absolute Gasteiger partial charge is 0.0470 e. The molecule has 0 fully saturated rings. The molecule has 2 N–H and O–H groups in total. The SMILES string of the molecule is Cc1cccc(C(CN)N(C)CCc2ccncc2)c1C. The third-order valence-electron chi connectivity index (χ3n) is 4.26. The Kier molecular flexibility index (Phi) is 5.48. The van der Waals surface area contributed by atoms with E-state index in [0.29, 0.717) is 6.54 Å². The average molecular weight is 283 g/mol. The Morgan fingerprint density at radius 2 is 1.86 bits per heavy atom. The molecule has 0 saturated heterocycles. The van der Waals surface area contributed by atoms with Crippen LogP contribution in [0.15, 0.2) is 42.7 Å². The number of aromatic nitrogens is 1. The van der Waals surface area contributed by atoms with E-state index in [-0.39, 0.29) is 6.04 Å². The maximum Gasteiger partial charge on any atom is 0.0470 e. The van der Waals surface area contributed by atoms with Gasteiger partial charge >= 0.3 is 0 Å². The van der Waals surface area contributed by atoms with Crippen molar-refractivity contribution in [3.05, 3.63) is 65.0 Å². The first kappa shape index (κ1) is 15.7. The fraction of sp³-hybridized carbons (Fsp3) is 0.389. The van der Waals surface area contributed by atoms with Crippen molar-refractivity contribution in [1.29, 1.82) is 0 Å². The van der Waals surface area contributed by atoms with Gasteiger partial charge in [-0.15, -0.1) is 0 Å². The number of nitrogens with two attached hydrogens (primary N) is 1. The summed E-state index contributed by atoms with van der Waals surface area (Å²) in [6.45, 7) is 5.96. The summed E-state index contributed by atoms with van der Waals surface area (Å²) in [6, 6.07) is 10.9. The number of rotatable bonds is 6. The molecule has 0 bridgehead atoms. The van der Waals surface area contributed by atoms with Crippen molar-refractivity contribution in [3.63, 3.8) is 0 Å². The van der Waals surface area contributed by atoms with Crippen LogP contribution in [0.2, 0.25) is 0 Å². The highest BCUT2D eigenvalue weighted by atomic mass is 15.1. The van der Waals surface area contributed by atoms with Crippen molar-refractivity contribution in [3.8, 4) is 0 Å². The number of benzene rings is 1. The number of aryl methyl sites for hydroxylation is 1. The van der Waals surface area contributed by atoms with Gasteiger partial charge in [-0.1, -0.05) is 18.2 Å². The molecule has 21 heavy (non-hydrogen) atoms. The highest BCUT2D eigenvalue weighted by molar-refractivity contribution is 5.35. The Balaban J connectivity index is 2.08. The predicted octanol–water partition coefficient (Wildman–Crippen LogP) is 2.87. The Morgan fingerprint density at radius 3 is 2.52 bits per heavy atom. The van der Waals surface area contributed by atoms with Gasteiger partial charge in [0.05, 0.1) is 0 Å². The lowest BCUT2D eigenvalue weighted by molar-refractivity contribution is 0.252. The highest BCUT2D eigenvalue weighted by Gasteiger charge is 2.17. The van der Waals surface area contributed by atoms with Crippen molar-refractivity contribution in [2.75, 3.05) is 20.1 Å². The fourth-order valence-electron chi connectivity index (χ4n) is 2.69. The largest absolute Gasteiger partial charge is 0.329 e. The van der Waals surface area contributed by atoms with E-state index >= 15 is 0 Å². The first-order valence-electron chi connectivity index (χ1n) is 7.48. The van der Waals surface area contributed by atoms with Gasteiger partial charge in [0.15, 0.2) is 0 Å². The van der Waals surface area contributed by atoms with Crippen LogP contribution in [0.5, 0.6) is 0 Å². The summed E-state index contributed by atoms with van der Waals surface area (Å²) in [4.78, 5) is 6.41. The summed E-state index contributed by atoms with van der Waals surface area (Å²) in [6.07, 6.45) is 4.71. The van der Waals surface area contributed by atoms with Gasteiger partial charge in [-0.2, -0.15) is 0 Å². The summed E-state index contributed by atoms with van der Waals surface area (Å²) in [5.74, 6) is 0. The first-order valence-corrected chi connectivity index (χ1v) is 7.48. The minimum Gasteiger partial charge on any atom is -0.329 e. The molecule has 0 radical (unpaired) electrons. The fourth-order valence-corrected chi connectivity index (χ4v) is 2.69. The Labute approximate surface area is 127 Å². The van der Waals surface area contributed by atoms with Crippen LogP contribution in [0, 0.1) is 13.8 Å². The van der Waals surface area contributed by atoms with E-state index in [4.69, 9.17) is 5.73 Å². The summed E-state index contributed by atoms with van der Waals surface area (Å²) < 4.78 is 0. The van der Waals surface area contributed by atoms with Gasteiger partial charge in [0.25, 0.3) is 0 Å². The van der Waals surface area contributed by atoms with Gasteiger partial charge in [0.1, 0.15) is 0 Å². The molecule has 0 spiro atoms. The number of hydrogen-bond donors (Lipinski definition) is 1. The van der Waals surface area contributed by atoms with Crippen LogP contribution in [-0.4, -0.2) is 30.0 Å². The molecule has 3 heteroatoms. The van der Waals surface area contributed by atoms with Gasteiger partial charge in [-0.05, 0) is 61.7 Å². The molecule has 1 atom stereocenters. The molecule has 1 aromatic carbocycles. The van der Waals surface area contributed by atoms with Crippen LogP contribution >= 0.6 is 0 Å². The number of pyridine rings is 1. The van der Waals surface area contributed by atoms with Gasteiger partial charge in [-0.25, -0.2) is 0 Å². The molecule has 1 heterocycles. The molecule has 3 nitrogen and oxygen atoms in total. The molecule has 0 aliphatic rings. The third kappa shape index (κ3) is 3.90.